The Bertz CT molecular complexity index is 346. The highest BCUT2D eigenvalue weighted by molar-refractivity contribution is 5.69. The van der Waals surface area contributed by atoms with Gasteiger partial charge in [-0.3, -0.25) is 4.79 Å². The number of carbonyl (C=O) groups excluding carboxylic acids is 1. The van der Waals surface area contributed by atoms with Gasteiger partial charge in [0.1, 0.15) is 0 Å². The lowest BCUT2D eigenvalue weighted by molar-refractivity contribution is -0.140. The highest BCUT2D eigenvalue weighted by Gasteiger charge is 2.04. The molecule has 0 bridgehead atoms. The number of benzene rings is 1. The number of hydrogen-bond donors (Lipinski definition) is 1. The van der Waals surface area contributed by atoms with Crippen molar-refractivity contribution in [3.05, 3.63) is 35.4 Å². The number of nitrogens with one attached hydrogen (secondary N) is 1. The third-order valence-electron chi connectivity index (χ3n) is 2.81. The molecule has 1 atom stereocenters. The Hall–Kier alpha value is -1.35. The first-order valence-corrected chi connectivity index (χ1v) is 6.00. The van der Waals surface area contributed by atoms with E-state index in [0.717, 1.165) is 13.0 Å². The summed E-state index contributed by atoms with van der Waals surface area (Å²) < 4.78 is 4.59. The number of esters is 1. The maximum atomic E-state index is 10.9. The molecule has 17 heavy (non-hydrogen) atoms. The van der Waals surface area contributed by atoms with E-state index in [1.165, 1.54) is 18.2 Å². The lowest BCUT2D eigenvalue weighted by atomic mass is 10.1. The van der Waals surface area contributed by atoms with E-state index in [1.807, 2.05) is 0 Å². The second kappa shape index (κ2) is 7.07. The third kappa shape index (κ3) is 5.00. The van der Waals surface area contributed by atoms with E-state index in [9.17, 15) is 4.79 Å². The van der Waals surface area contributed by atoms with Gasteiger partial charge in [-0.1, -0.05) is 29.8 Å². The van der Waals surface area contributed by atoms with Crippen molar-refractivity contribution >= 4 is 5.97 Å². The van der Waals surface area contributed by atoms with Crippen LogP contribution < -0.4 is 5.32 Å². The van der Waals surface area contributed by atoms with Gasteiger partial charge in [-0.15, -0.1) is 0 Å². The number of carbonyl (C=O) groups is 1. The summed E-state index contributed by atoms with van der Waals surface area (Å²) in [6, 6.07) is 8.80. The van der Waals surface area contributed by atoms with E-state index in [-0.39, 0.29) is 5.97 Å². The fourth-order valence-corrected chi connectivity index (χ4v) is 1.63. The van der Waals surface area contributed by atoms with Crippen LogP contribution >= 0.6 is 0 Å². The van der Waals surface area contributed by atoms with Crippen molar-refractivity contribution in [3.8, 4) is 0 Å². The molecule has 1 unspecified atom stereocenters. The summed E-state index contributed by atoms with van der Waals surface area (Å²) in [5.41, 5.74) is 2.54. The number of rotatable bonds is 6. The second-order valence-electron chi connectivity index (χ2n) is 4.27. The maximum absolute atomic E-state index is 10.9. The fraction of sp³-hybridized carbons (Fsp3) is 0.500. The molecule has 0 fully saturated rings. The molecule has 0 saturated carbocycles. The summed E-state index contributed by atoms with van der Waals surface area (Å²) in [4.78, 5) is 10.9. The largest absolute Gasteiger partial charge is 0.469 e. The predicted molar refractivity (Wildman–Crippen MR) is 68.8 cm³/mol. The lowest BCUT2D eigenvalue weighted by Gasteiger charge is -2.14. The highest BCUT2D eigenvalue weighted by Crippen LogP contribution is 2.12. The Balaban J connectivity index is 2.27. The first kappa shape index (κ1) is 13.7. The number of hydrogen-bond acceptors (Lipinski definition) is 3. The van der Waals surface area contributed by atoms with E-state index in [2.05, 4.69) is 48.2 Å². The van der Waals surface area contributed by atoms with Crippen LogP contribution in [0.2, 0.25) is 0 Å². The average molecular weight is 235 g/mol. The summed E-state index contributed by atoms with van der Waals surface area (Å²) in [5, 5.41) is 3.39. The van der Waals surface area contributed by atoms with Crippen molar-refractivity contribution in [3.63, 3.8) is 0 Å². The zero-order chi connectivity index (χ0) is 12.7. The summed E-state index contributed by atoms with van der Waals surface area (Å²) in [5.74, 6) is -0.144. The standard InChI is InChI=1S/C14H21NO2/c1-11-6-8-13(9-7-11)12(2)15-10-4-5-14(16)17-3/h6-9,12,15H,4-5,10H2,1-3H3. The van der Waals surface area contributed by atoms with Crippen LogP contribution in [0.15, 0.2) is 24.3 Å². The molecular formula is C14H21NO2. The van der Waals surface area contributed by atoms with Gasteiger partial charge in [0.15, 0.2) is 0 Å². The smallest absolute Gasteiger partial charge is 0.305 e. The van der Waals surface area contributed by atoms with Crippen LogP contribution in [-0.4, -0.2) is 19.6 Å². The van der Waals surface area contributed by atoms with Crippen molar-refractivity contribution in [1.82, 2.24) is 5.32 Å². The summed E-state index contributed by atoms with van der Waals surface area (Å²) >= 11 is 0. The van der Waals surface area contributed by atoms with Crippen molar-refractivity contribution in [2.75, 3.05) is 13.7 Å². The van der Waals surface area contributed by atoms with E-state index in [1.54, 1.807) is 0 Å². The van der Waals surface area contributed by atoms with Crippen LogP contribution in [0, 0.1) is 6.92 Å². The molecule has 3 nitrogen and oxygen atoms in total. The predicted octanol–water partition coefficient (Wildman–Crippen LogP) is 2.60. The van der Waals surface area contributed by atoms with Crippen LogP contribution in [0.1, 0.15) is 36.9 Å². The Morgan fingerprint density at radius 2 is 2.00 bits per heavy atom. The highest BCUT2D eigenvalue weighted by atomic mass is 16.5. The monoisotopic (exact) mass is 235 g/mol. The Labute approximate surface area is 103 Å². The van der Waals surface area contributed by atoms with Crippen molar-refractivity contribution in [1.29, 1.82) is 0 Å². The van der Waals surface area contributed by atoms with Crippen LogP contribution in [0.5, 0.6) is 0 Å². The molecule has 3 heteroatoms. The molecule has 0 aromatic heterocycles. The Kier molecular flexibility index (Phi) is 5.70. The maximum Gasteiger partial charge on any atom is 0.305 e. The van der Waals surface area contributed by atoms with Gasteiger partial charge in [-0.2, -0.15) is 0 Å². The first-order chi connectivity index (χ1) is 8.13. The zero-order valence-electron chi connectivity index (χ0n) is 10.8. The quantitative estimate of drug-likeness (QED) is 0.608. The first-order valence-electron chi connectivity index (χ1n) is 6.00. The van der Waals surface area contributed by atoms with E-state index < -0.39 is 0 Å². The lowest BCUT2D eigenvalue weighted by Crippen LogP contribution is -2.20. The van der Waals surface area contributed by atoms with Crippen LogP contribution in [-0.2, 0) is 9.53 Å². The van der Waals surface area contributed by atoms with Crippen LogP contribution in [0.3, 0.4) is 0 Å². The van der Waals surface area contributed by atoms with Crippen molar-refractivity contribution in [2.24, 2.45) is 0 Å². The van der Waals surface area contributed by atoms with E-state index >= 15 is 0 Å². The summed E-state index contributed by atoms with van der Waals surface area (Å²) in [7, 11) is 1.42. The summed E-state index contributed by atoms with van der Waals surface area (Å²) in [6.45, 7) is 5.03. The van der Waals surface area contributed by atoms with Gasteiger partial charge >= 0.3 is 5.97 Å². The molecule has 1 aromatic carbocycles. The zero-order valence-corrected chi connectivity index (χ0v) is 10.8. The normalized spacial score (nSPS) is 12.2. The molecular weight excluding hydrogens is 214 g/mol. The minimum Gasteiger partial charge on any atom is -0.469 e. The van der Waals surface area contributed by atoms with Gasteiger partial charge in [0.25, 0.3) is 0 Å². The van der Waals surface area contributed by atoms with Gasteiger partial charge in [-0.25, -0.2) is 0 Å². The van der Waals surface area contributed by atoms with Crippen LogP contribution in [0.4, 0.5) is 0 Å². The minimum atomic E-state index is -0.144. The van der Waals surface area contributed by atoms with E-state index in [0.29, 0.717) is 12.5 Å². The molecule has 0 radical (unpaired) electrons. The fourth-order valence-electron chi connectivity index (χ4n) is 1.63. The molecule has 0 saturated heterocycles. The molecule has 94 valence electrons. The number of aryl methyl sites for hydroxylation is 1. The topological polar surface area (TPSA) is 38.3 Å². The average Bonchev–Trinajstić information content (AvgIpc) is 2.34. The van der Waals surface area contributed by atoms with Gasteiger partial charge in [-0.05, 0) is 32.4 Å². The molecule has 1 aromatic rings. The number of ether oxygens (including phenoxy) is 1. The molecule has 0 aliphatic carbocycles. The third-order valence-corrected chi connectivity index (χ3v) is 2.81. The number of methoxy groups -OCH3 is 1. The Morgan fingerprint density at radius 1 is 1.35 bits per heavy atom. The molecule has 0 aliphatic rings. The molecule has 1 N–H and O–H groups in total. The van der Waals surface area contributed by atoms with E-state index in [4.69, 9.17) is 0 Å². The second-order valence-corrected chi connectivity index (χ2v) is 4.27. The van der Waals surface area contributed by atoms with Gasteiger partial charge in [0, 0.05) is 12.5 Å². The molecule has 0 heterocycles. The molecule has 1 rings (SSSR count). The summed E-state index contributed by atoms with van der Waals surface area (Å²) in [6.07, 6.45) is 1.28. The SMILES string of the molecule is COC(=O)CCCNC(C)c1ccc(C)cc1. The van der Waals surface area contributed by atoms with Gasteiger partial charge in [0.05, 0.1) is 7.11 Å². The molecule has 0 aliphatic heterocycles. The van der Waals surface area contributed by atoms with Gasteiger partial charge < -0.3 is 10.1 Å². The Morgan fingerprint density at radius 3 is 2.59 bits per heavy atom. The minimum absolute atomic E-state index is 0.144. The molecule has 0 amide bonds. The van der Waals surface area contributed by atoms with Crippen LogP contribution in [0.25, 0.3) is 0 Å². The van der Waals surface area contributed by atoms with Crippen molar-refractivity contribution in [2.45, 2.75) is 32.7 Å². The molecule has 0 spiro atoms. The van der Waals surface area contributed by atoms with Crippen molar-refractivity contribution < 1.29 is 9.53 Å². The van der Waals surface area contributed by atoms with Gasteiger partial charge in [0.2, 0.25) is 0 Å².